The van der Waals surface area contributed by atoms with Crippen molar-refractivity contribution in [1.82, 2.24) is 4.67 Å². The van der Waals surface area contributed by atoms with Crippen molar-refractivity contribution < 1.29 is 18.6 Å². The van der Waals surface area contributed by atoms with Crippen molar-refractivity contribution in [2.75, 3.05) is 12.4 Å². The van der Waals surface area contributed by atoms with Crippen LogP contribution in [0.15, 0.2) is 42.5 Å². The molecule has 0 aromatic heterocycles. The molecule has 6 nitrogen and oxygen atoms in total. The predicted molar refractivity (Wildman–Crippen MR) is 152 cm³/mol. The van der Waals surface area contributed by atoms with Crippen LogP contribution in [0.3, 0.4) is 0 Å². The maximum Gasteiger partial charge on any atom is 0.259 e. The first-order valence-corrected chi connectivity index (χ1v) is 14.7. The van der Waals surface area contributed by atoms with Gasteiger partial charge in [0.15, 0.2) is 11.6 Å². The first-order chi connectivity index (χ1) is 17.3. The van der Waals surface area contributed by atoms with E-state index < -0.39 is 8.53 Å². The molecule has 1 aliphatic rings. The molecule has 0 N–H and O–H groups in total. The van der Waals surface area contributed by atoms with Gasteiger partial charge in [-0.15, -0.1) is 0 Å². The van der Waals surface area contributed by atoms with Gasteiger partial charge >= 0.3 is 0 Å². The maximum absolute atomic E-state index is 13.3. The maximum atomic E-state index is 13.3. The first-order valence-electron chi connectivity index (χ1n) is 12.4. The lowest BCUT2D eigenvalue weighted by molar-refractivity contribution is 0.0978. The Morgan fingerprint density at radius 3 is 2.19 bits per heavy atom. The van der Waals surface area contributed by atoms with E-state index in [1.54, 1.807) is 42.1 Å². The Morgan fingerprint density at radius 2 is 1.59 bits per heavy atom. The van der Waals surface area contributed by atoms with E-state index in [0.29, 0.717) is 41.0 Å². The Bertz CT molecular complexity index is 1110. The Morgan fingerprint density at radius 1 is 0.973 bits per heavy atom. The number of nitrogens with zero attached hydrogens (tertiary/aromatic N) is 2. The lowest BCUT2D eigenvalue weighted by Gasteiger charge is -2.37. The number of thioether (sulfide) groups is 1. The molecule has 0 aliphatic heterocycles. The summed E-state index contributed by atoms with van der Waals surface area (Å²) >= 11 is 1.69. The molecule has 0 spiro atoms. The van der Waals surface area contributed by atoms with Crippen molar-refractivity contribution in [2.45, 2.75) is 71.4 Å². The second-order valence-corrected chi connectivity index (χ2v) is 11.7. The summed E-state index contributed by atoms with van der Waals surface area (Å²) in [5.74, 6) is 1.15. The zero-order valence-electron chi connectivity index (χ0n) is 22.3. The normalized spacial score (nSPS) is 14.2. The number of nitriles is 1. The van der Waals surface area contributed by atoms with E-state index >= 15 is 0 Å². The number of hydrogen-bond donors (Lipinski definition) is 0. The second kappa shape index (κ2) is 14.8. The molecule has 3 radical (unpaired) electrons. The molecule has 0 bridgehead atoms. The minimum Gasteiger partial charge on any atom is -0.321 e. The van der Waals surface area contributed by atoms with E-state index in [1.807, 2.05) is 12.1 Å². The summed E-state index contributed by atoms with van der Waals surface area (Å²) in [6.07, 6.45) is 1.10. The summed E-state index contributed by atoms with van der Waals surface area (Å²) in [6.45, 7) is 10.9. The van der Waals surface area contributed by atoms with Gasteiger partial charge in [0.2, 0.25) is 0 Å². The standard InChI is InChI=1S/C28H35N2O4PS.B/c1-6-22(34-35(33-16-10-15-29)30(19(2)3)20(4)5)18-36-17-21-11-9-14-25-26(21)28(32)24-13-8-7-12-23(24)27(25)31;/h7-9,11-14,19-20,22H,6,10,16-18H2,1-5H3;/t22-,35?;/m1./s1. The average Bonchev–Trinajstić information content (AvgIpc) is 2.86. The molecular weight excluding hydrogens is 502 g/mol. The third-order valence-corrected chi connectivity index (χ3v) is 9.26. The fourth-order valence-electron chi connectivity index (χ4n) is 4.28. The Labute approximate surface area is 228 Å². The molecule has 0 heterocycles. The highest BCUT2D eigenvalue weighted by molar-refractivity contribution is 7.98. The number of benzene rings is 2. The van der Waals surface area contributed by atoms with Crippen LogP contribution in [-0.2, 0) is 14.8 Å². The van der Waals surface area contributed by atoms with E-state index in [-0.39, 0.29) is 38.2 Å². The summed E-state index contributed by atoms with van der Waals surface area (Å²) in [6, 6.07) is 15.2. The summed E-state index contributed by atoms with van der Waals surface area (Å²) in [4.78, 5) is 26.3. The monoisotopic (exact) mass is 537 g/mol. The van der Waals surface area contributed by atoms with E-state index in [2.05, 4.69) is 45.4 Å². The van der Waals surface area contributed by atoms with Gasteiger partial charge in [-0.2, -0.15) is 17.0 Å². The Hall–Kier alpha value is -2.01. The number of rotatable bonds is 13. The minimum atomic E-state index is -1.31. The van der Waals surface area contributed by atoms with Gasteiger partial charge in [-0.25, -0.2) is 4.67 Å². The highest BCUT2D eigenvalue weighted by atomic mass is 32.2. The summed E-state index contributed by atoms with van der Waals surface area (Å²) in [5, 5.41) is 8.94. The van der Waals surface area contributed by atoms with Gasteiger partial charge in [0.25, 0.3) is 8.53 Å². The van der Waals surface area contributed by atoms with Gasteiger partial charge in [-0.05, 0) is 39.7 Å². The molecule has 0 saturated carbocycles. The fourth-order valence-corrected chi connectivity index (χ4v) is 7.31. The lowest BCUT2D eigenvalue weighted by atomic mass is 9.82. The van der Waals surface area contributed by atoms with Crippen molar-refractivity contribution in [3.8, 4) is 6.07 Å². The first kappa shape index (κ1) is 31.2. The summed E-state index contributed by atoms with van der Waals surface area (Å²) in [7, 11) is -1.31. The van der Waals surface area contributed by atoms with Crippen molar-refractivity contribution >= 4 is 40.3 Å². The van der Waals surface area contributed by atoms with Gasteiger partial charge < -0.3 is 9.05 Å². The van der Waals surface area contributed by atoms with Gasteiger partial charge in [-0.1, -0.05) is 49.4 Å². The molecule has 195 valence electrons. The van der Waals surface area contributed by atoms with Crippen molar-refractivity contribution in [3.05, 3.63) is 70.3 Å². The SMILES string of the molecule is CC[C@H](CSCc1cccc2c1C(=O)c1ccccc1C2=O)OP(OCCC#N)N(C(C)C)C(C)C.[B]. The molecule has 2 aromatic carbocycles. The molecule has 9 heteroatoms. The number of carbonyl (C=O) groups is 2. The van der Waals surface area contributed by atoms with Gasteiger partial charge in [0.05, 0.1) is 25.2 Å². The van der Waals surface area contributed by atoms with Crippen LogP contribution in [0.1, 0.15) is 84.9 Å². The van der Waals surface area contributed by atoms with Crippen LogP contribution in [0.2, 0.25) is 0 Å². The predicted octanol–water partition coefficient (Wildman–Crippen LogP) is 6.39. The van der Waals surface area contributed by atoms with E-state index in [4.69, 9.17) is 14.3 Å². The van der Waals surface area contributed by atoms with Gasteiger partial charge in [-0.3, -0.25) is 9.59 Å². The topological polar surface area (TPSA) is 79.6 Å². The fraction of sp³-hybridized carbons (Fsp3) is 0.464. The zero-order valence-corrected chi connectivity index (χ0v) is 24.0. The van der Waals surface area contributed by atoms with Crippen LogP contribution in [0.5, 0.6) is 0 Å². The number of carbonyl (C=O) groups excluding carboxylic acids is 2. The molecule has 3 rings (SSSR count). The number of ketones is 2. The van der Waals surface area contributed by atoms with Crippen LogP contribution in [0.4, 0.5) is 0 Å². The second-order valence-electron chi connectivity index (χ2n) is 9.24. The summed E-state index contributed by atoms with van der Waals surface area (Å²) < 4.78 is 14.8. The lowest BCUT2D eigenvalue weighted by Crippen LogP contribution is -2.35. The highest BCUT2D eigenvalue weighted by Gasteiger charge is 2.32. The molecule has 1 aliphatic carbocycles. The summed E-state index contributed by atoms with van der Waals surface area (Å²) in [5.41, 5.74) is 2.84. The molecule has 0 amide bonds. The zero-order chi connectivity index (χ0) is 26.2. The largest absolute Gasteiger partial charge is 0.321 e. The number of hydrogen-bond acceptors (Lipinski definition) is 7. The van der Waals surface area contributed by atoms with Gasteiger partial charge in [0, 0.05) is 54.3 Å². The molecule has 1 unspecified atom stereocenters. The van der Waals surface area contributed by atoms with Crippen molar-refractivity contribution in [3.63, 3.8) is 0 Å². The van der Waals surface area contributed by atoms with Crippen LogP contribution < -0.4 is 0 Å². The molecule has 2 atom stereocenters. The van der Waals surface area contributed by atoms with Crippen LogP contribution in [-0.4, -0.2) is 55.2 Å². The third kappa shape index (κ3) is 7.53. The van der Waals surface area contributed by atoms with Crippen molar-refractivity contribution in [2.24, 2.45) is 0 Å². The Kier molecular flexibility index (Phi) is 12.5. The quantitative estimate of drug-likeness (QED) is 0.142. The molecule has 0 fully saturated rings. The van der Waals surface area contributed by atoms with Crippen LogP contribution in [0.25, 0.3) is 0 Å². The molecular formula is C28H35BN2O4PS. The van der Waals surface area contributed by atoms with E-state index in [1.165, 1.54) is 0 Å². The minimum absolute atomic E-state index is 0. The molecule has 37 heavy (non-hydrogen) atoms. The van der Waals surface area contributed by atoms with Gasteiger partial charge in [0.1, 0.15) is 0 Å². The van der Waals surface area contributed by atoms with E-state index in [9.17, 15) is 9.59 Å². The van der Waals surface area contributed by atoms with Crippen molar-refractivity contribution in [1.29, 1.82) is 5.26 Å². The van der Waals surface area contributed by atoms with Crippen LogP contribution in [0, 0.1) is 11.3 Å². The average molecular weight is 537 g/mol. The third-order valence-electron chi connectivity index (χ3n) is 5.96. The molecule has 0 saturated heterocycles. The van der Waals surface area contributed by atoms with Crippen LogP contribution >= 0.6 is 20.3 Å². The number of fused-ring (bicyclic) bond motifs is 2. The Balaban J connectivity index is 0.00000481. The smallest absolute Gasteiger partial charge is 0.259 e. The highest BCUT2D eigenvalue weighted by Crippen LogP contribution is 2.47. The molecule has 2 aromatic rings. The van der Waals surface area contributed by atoms with E-state index in [0.717, 1.165) is 17.7 Å².